The van der Waals surface area contributed by atoms with E-state index in [1.807, 2.05) is 0 Å². The Balaban J connectivity index is 1.73. The van der Waals surface area contributed by atoms with Gasteiger partial charge in [0.25, 0.3) is 0 Å². The van der Waals surface area contributed by atoms with Crippen molar-refractivity contribution in [3.05, 3.63) is 0 Å². The van der Waals surface area contributed by atoms with Crippen molar-refractivity contribution >= 4 is 0 Å². The molecule has 0 aromatic heterocycles. The second kappa shape index (κ2) is 6.36. The van der Waals surface area contributed by atoms with Crippen LogP contribution in [0.25, 0.3) is 0 Å². The van der Waals surface area contributed by atoms with Crippen LogP contribution in [0.5, 0.6) is 0 Å². The molecule has 1 aliphatic carbocycles. The molecule has 2 rings (SSSR count). The number of nitrogens with one attached hydrogen (secondary N) is 1. The molecule has 106 valence electrons. The Morgan fingerprint density at radius 1 is 1.11 bits per heavy atom. The van der Waals surface area contributed by atoms with E-state index in [2.05, 4.69) is 43.1 Å². The summed E-state index contributed by atoms with van der Waals surface area (Å²) in [7, 11) is 4.44. The molecule has 1 saturated heterocycles. The third-order valence-corrected chi connectivity index (χ3v) is 4.86. The van der Waals surface area contributed by atoms with Crippen molar-refractivity contribution in [1.29, 1.82) is 0 Å². The summed E-state index contributed by atoms with van der Waals surface area (Å²) in [6.45, 7) is 8.33. The summed E-state index contributed by atoms with van der Waals surface area (Å²) in [6.07, 6.45) is 5.57. The van der Waals surface area contributed by atoms with E-state index in [0.717, 1.165) is 18.0 Å². The second-order valence-electron chi connectivity index (χ2n) is 6.70. The second-order valence-corrected chi connectivity index (χ2v) is 6.70. The van der Waals surface area contributed by atoms with Gasteiger partial charge < -0.3 is 10.2 Å². The van der Waals surface area contributed by atoms with Crippen molar-refractivity contribution in [3.8, 4) is 0 Å². The Morgan fingerprint density at radius 2 is 1.78 bits per heavy atom. The topological polar surface area (TPSA) is 18.5 Å². The lowest BCUT2D eigenvalue weighted by Gasteiger charge is -2.48. The Bertz CT molecular complexity index is 244. The predicted molar refractivity (Wildman–Crippen MR) is 77.9 cm³/mol. The van der Waals surface area contributed by atoms with E-state index >= 15 is 0 Å². The van der Waals surface area contributed by atoms with Crippen LogP contribution in [0, 0.1) is 5.92 Å². The van der Waals surface area contributed by atoms with Crippen molar-refractivity contribution < 1.29 is 0 Å². The lowest BCUT2D eigenvalue weighted by atomic mass is 9.77. The molecule has 2 atom stereocenters. The van der Waals surface area contributed by atoms with Crippen LogP contribution in [-0.2, 0) is 0 Å². The molecule has 0 radical (unpaired) electrons. The van der Waals surface area contributed by atoms with Gasteiger partial charge in [-0.05, 0) is 65.3 Å². The molecule has 1 heterocycles. The van der Waals surface area contributed by atoms with Gasteiger partial charge in [-0.15, -0.1) is 0 Å². The van der Waals surface area contributed by atoms with Crippen molar-refractivity contribution in [3.63, 3.8) is 0 Å². The Labute approximate surface area is 113 Å². The van der Waals surface area contributed by atoms with E-state index in [1.54, 1.807) is 0 Å². The van der Waals surface area contributed by atoms with E-state index in [4.69, 9.17) is 0 Å². The molecular formula is C15H31N3. The lowest BCUT2D eigenvalue weighted by Crippen LogP contribution is -2.54. The summed E-state index contributed by atoms with van der Waals surface area (Å²) in [5.41, 5.74) is 0. The van der Waals surface area contributed by atoms with Crippen molar-refractivity contribution in [1.82, 2.24) is 15.1 Å². The van der Waals surface area contributed by atoms with Gasteiger partial charge in [0.05, 0.1) is 0 Å². The average molecular weight is 253 g/mol. The molecule has 0 aromatic carbocycles. The molecule has 1 N–H and O–H groups in total. The SMILES string of the molecule is CC(C)NCC1CCC1N1CCC(N(C)C)CC1. The Hall–Kier alpha value is -0.120. The van der Waals surface area contributed by atoms with Gasteiger partial charge in [0.1, 0.15) is 0 Å². The van der Waals surface area contributed by atoms with Crippen LogP contribution in [0.15, 0.2) is 0 Å². The van der Waals surface area contributed by atoms with E-state index in [0.29, 0.717) is 6.04 Å². The van der Waals surface area contributed by atoms with Crippen LogP contribution in [0.4, 0.5) is 0 Å². The number of nitrogens with zero attached hydrogens (tertiary/aromatic N) is 2. The maximum atomic E-state index is 3.61. The van der Waals surface area contributed by atoms with Gasteiger partial charge >= 0.3 is 0 Å². The van der Waals surface area contributed by atoms with Gasteiger partial charge in [-0.3, -0.25) is 4.90 Å². The minimum Gasteiger partial charge on any atom is -0.314 e. The van der Waals surface area contributed by atoms with Crippen molar-refractivity contribution in [2.24, 2.45) is 5.92 Å². The molecule has 2 unspecified atom stereocenters. The van der Waals surface area contributed by atoms with Crippen LogP contribution in [0.2, 0.25) is 0 Å². The van der Waals surface area contributed by atoms with Crippen LogP contribution < -0.4 is 5.32 Å². The molecule has 3 heteroatoms. The first-order valence-electron chi connectivity index (χ1n) is 7.71. The third kappa shape index (κ3) is 3.46. The highest BCUT2D eigenvalue weighted by Gasteiger charge is 2.36. The first-order valence-corrected chi connectivity index (χ1v) is 7.71. The lowest BCUT2D eigenvalue weighted by molar-refractivity contribution is 0.0272. The highest BCUT2D eigenvalue weighted by molar-refractivity contribution is 4.92. The zero-order valence-corrected chi connectivity index (χ0v) is 12.7. The van der Waals surface area contributed by atoms with Crippen LogP contribution >= 0.6 is 0 Å². The Morgan fingerprint density at radius 3 is 2.22 bits per heavy atom. The maximum Gasteiger partial charge on any atom is 0.0136 e. The first kappa shape index (κ1) is 14.3. The molecule has 0 spiro atoms. The number of rotatable bonds is 5. The van der Waals surface area contributed by atoms with Gasteiger partial charge in [-0.25, -0.2) is 0 Å². The van der Waals surface area contributed by atoms with Crippen molar-refractivity contribution in [2.75, 3.05) is 33.7 Å². The predicted octanol–water partition coefficient (Wildman–Crippen LogP) is 1.79. The smallest absolute Gasteiger partial charge is 0.0136 e. The summed E-state index contributed by atoms with van der Waals surface area (Å²) in [4.78, 5) is 5.16. The summed E-state index contributed by atoms with van der Waals surface area (Å²) < 4.78 is 0. The molecule has 0 bridgehead atoms. The minimum absolute atomic E-state index is 0.630. The van der Waals surface area contributed by atoms with Gasteiger partial charge in [-0.2, -0.15) is 0 Å². The fourth-order valence-corrected chi connectivity index (χ4v) is 3.39. The van der Waals surface area contributed by atoms with E-state index < -0.39 is 0 Å². The van der Waals surface area contributed by atoms with E-state index in [9.17, 15) is 0 Å². The molecule has 0 aromatic rings. The number of hydrogen-bond acceptors (Lipinski definition) is 3. The highest BCUT2D eigenvalue weighted by atomic mass is 15.2. The number of likely N-dealkylation sites (tertiary alicyclic amines) is 1. The fraction of sp³-hybridized carbons (Fsp3) is 1.00. The molecule has 2 aliphatic rings. The zero-order chi connectivity index (χ0) is 13.1. The number of hydrogen-bond donors (Lipinski definition) is 1. The van der Waals surface area contributed by atoms with Gasteiger partial charge in [0, 0.05) is 18.1 Å². The van der Waals surface area contributed by atoms with Crippen LogP contribution in [-0.4, -0.2) is 61.7 Å². The standard InChI is InChI=1S/C15H31N3/c1-12(2)16-11-13-5-6-15(13)18-9-7-14(8-10-18)17(3)4/h12-16H,5-11H2,1-4H3. The number of piperidine rings is 1. The third-order valence-electron chi connectivity index (χ3n) is 4.86. The molecule has 3 nitrogen and oxygen atoms in total. The largest absolute Gasteiger partial charge is 0.314 e. The van der Waals surface area contributed by atoms with Crippen LogP contribution in [0.3, 0.4) is 0 Å². The summed E-state index contributed by atoms with van der Waals surface area (Å²) in [6, 6.07) is 2.32. The van der Waals surface area contributed by atoms with Gasteiger partial charge in [0.15, 0.2) is 0 Å². The quantitative estimate of drug-likeness (QED) is 0.806. The molecule has 2 fully saturated rings. The molecule has 0 amide bonds. The molecule has 1 aliphatic heterocycles. The highest BCUT2D eigenvalue weighted by Crippen LogP contribution is 2.33. The molecule has 18 heavy (non-hydrogen) atoms. The molecular weight excluding hydrogens is 222 g/mol. The maximum absolute atomic E-state index is 3.61. The van der Waals surface area contributed by atoms with E-state index in [-0.39, 0.29) is 0 Å². The monoisotopic (exact) mass is 253 g/mol. The molecule has 1 saturated carbocycles. The zero-order valence-electron chi connectivity index (χ0n) is 12.7. The van der Waals surface area contributed by atoms with Gasteiger partial charge in [0.2, 0.25) is 0 Å². The first-order chi connectivity index (χ1) is 8.58. The summed E-state index contributed by atoms with van der Waals surface area (Å²) in [5, 5.41) is 3.61. The fourth-order valence-electron chi connectivity index (χ4n) is 3.39. The Kier molecular flexibility index (Phi) is 5.05. The van der Waals surface area contributed by atoms with Crippen LogP contribution in [0.1, 0.15) is 39.5 Å². The summed E-state index contributed by atoms with van der Waals surface area (Å²) in [5.74, 6) is 0.906. The van der Waals surface area contributed by atoms with Crippen molar-refractivity contribution in [2.45, 2.75) is 57.7 Å². The minimum atomic E-state index is 0.630. The average Bonchev–Trinajstić information content (AvgIpc) is 2.28. The van der Waals surface area contributed by atoms with E-state index in [1.165, 1.54) is 45.3 Å². The summed E-state index contributed by atoms with van der Waals surface area (Å²) >= 11 is 0. The normalized spacial score (nSPS) is 31.0. The van der Waals surface area contributed by atoms with Gasteiger partial charge in [-0.1, -0.05) is 13.8 Å².